The summed E-state index contributed by atoms with van der Waals surface area (Å²) in [6.45, 7) is 8.17. The maximum Gasteiger partial charge on any atom is 0.326 e. The summed E-state index contributed by atoms with van der Waals surface area (Å²) in [5.74, 6) is -1.48. The highest BCUT2D eigenvalue weighted by Gasteiger charge is 2.21. The van der Waals surface area contributed by atoms with Crippen LogP contribution in [0.5, 0.6) is 0 Å². The zero-order valence-corrected chi connectivity index (χ0v) is 16.5. The number of thiocarbonyl (C=S) groups is 1. The highest BCUT2D eigenvalue weighted by Crippen LogP contribution is 2.19. The second-order valence-corrected chi connectivity index (χ2v) is 7.20. The van der Waals surface area contributed by atoms with E-state index in [4.69, 9.17) is 17.3 Å². The third-order valence-electron chi connectivity index (χ3n) is 4.10. The molecule has 1 amide bonds. The fourth-order valence-corrected chi connectivity index (χ4v) is 2.94. The molecule has 1 saturated heterocycles. The van der Waals surface area contributed by atoms with Gasteiger partial charge in [-0.1, -0.05) is 44.3 Å². The summed E-state index contributed by atoms with van der Waals surface area (Å²) in [4.78, 5) is 24.0. The molecule has 0 radical (unpaired) electrons. The molecule has 26 heavy (non-hydrogen) atoms. The Morgan fingerprint density at radius 2 is 2.04 bits per heavy atom. The maximum absolute atomic E-state index is 13.7. The van der Waals surface area contributed by atoms with Crippen molar-refractivity contribution in [3.63, 3.8) is 0 Å². The number of rotatable bonds is 5. The molecule has 1 unspecified atom stereocenters. The number of carbonyl (C=O) groups is 2. The first-order valence-electron chi connectivity index (χ1n) is 8.65. The molecule has 1 aromatic rings. The van der Waals surface area contributed by atoms with Crippen LogP contribution in [0.15, 0.2) is 18.2 Å². The van der Waals surface area contributed by atoms with E-state index in [1.165, 1.54) is 6.92 Å². The molecular weight excluding hydrogens is 355 g/mol. The van der Waals surface area contributed by atoms with Crippen LogP contribution in [-0.4, -0.2) is 39.5 Å². The maximum atomic E-state index is 13.7. The van der Waals surface area contributed by atoms with Gasteiger partial charge in [-0.25, -0.2) is 9.18 Å². The molecule has 1 aliphatic heterocycles. The van der Waals surface area contributed by atoms with Gasteiger partial charge < -0.3 is 15.3 Å². The number of hydrogen-bond acceptors (Lipinski definition) is 3. The molecule has 0 aliphatic carbocycles. The van der Waals surface area contributed by atoms with E-state index in [0.717, 1.165) is 29.9 Å². The van der Waals surface area contributed by atoms with Gasteiger partial charge in [0, 0.05) is 25.6 Å². The lowest BCUT2D eigenvalue weighted by Gasteiger charge is -2.18. The van der Waals surface area contributed by atoms with Crippen molar-refractivity contribution in [3.8, 4) is 0 Å². The molecule has 5 nitrogen and oxygen atoms in total. The van der Waals surface area contributed by atoms with E-state index < -0.39 is 12.0 Å². The predicted octanol–water partition coefficient (Wildman–Crippen LogP) is 3.29. The van der Waals surface area contributed by atoms with E-state index in [0.29, 0.717) is 12.1 Å². The van der Waals surface area contributed by atoms with Crippen LogP contribution in [0.2, 0.25) is 0 Å². The number of halogens is 1. The van der Waals surface area contributed by atoms with Crippen LogP contribution >= 0.6 is 12.2 Å². The average molecular weight is 383 g/mol. The van der Waals surface area contributed by atoms with Crippen LogP contribution in [0, 0.1) is 18.7 Å². The van der Waals surface area contributed by atoms with Crippen molar-refractivity contribution >= 4 is 29.1 Å². The van der Waals surface area contributed by atoms with E-state index in [1.54, 1.807) is 26.8 Å². The molecule has 0 aromatic heterocycles. The summed E-state index contributed by atoms with van der Waals surface area (Å²) in [7, 11) is 0. The van der Waals surface area contributed by atoms with Crippen molar-refractivity contribution in [2.24, 2.45) is 5.92 Å². The monoisotopic (exact) mass is 382 g/mol. The lowest BCUT2D eigenvalue weighted by atomic mass is 10.1. The molecule has 1 aromatic carbocycles. The summed E-state index contributed by atoms with van der Waals surface area (Å²) in [5.41, 5.74) is 1.46. The molecule has 2 N–H and O–H groups in total. The second-order valence-electron chi connectivity index (χ2n) is 6.73. The molecule has 2 rings (SSSR count). The van der Waals surface area contributed by atoms with Crippen LogP contribution in [-0.2, 0) is 16.1 Å². The van der Waals surface area contributed by atoms with Crippen LogP contribution in [0.1, 0.15) is 44.7 Å². The van der Waals surface area contributed by atoms with Gasteiger partial charge in [0.15, 0.2) is 0 Å². The van der Waals surface area contributed by atoms with Crippen LogP contribution in [0.4, 0.5) is 4.39 Å². The third kappa shape index (κ3) is 6.71. The van der Waals surface area contributed by atoms with Crippen LogP contribution in [0.25, 0.3) is 0 Å². The van der Waals surface area contributed by atoms with Crippen LogP contribution < -0.4 is 5.32 Å². The van der Waals surface area contributed by atoms with Gasteiger partial charge in [0.05, 0.1) is 4.99 Å². The summed E-state index contributed by atoms with van der Waals surface area (Å²) < 4.78 is 13.7. The van der Waals surface area contributed by atoms with Gasteiger partial charge in [-0.2, -0.15) is 0 Å². The number of aliphatic carboxylic acids is 1. The minimum atomic E-state index is -0.991. The first kappa shape index (κ1) is 22.0. The molecule has 0 saturated carbocycles. The summed E-state index contributed by atoms with van der Waals surface area (Å²) in [6.07, 6.45) is 2.08. The van der Waals surface area contributed by atoms with E-state index in [2.05, 4.69) is 10.2 Å². The van der Waals surface area contributed by atoms with Crippen molar-refractivity contribution < 1.29 is 19.1 Å². The lowest BCUT2D eigenvalue weighted by Crippen LogP contribution is -2.43. The molecule has 1 aliphatic rings. The van der Waals surface area contributed by atoms with Gasteiger partial charge in [0.1, 0.15) is 11.9 Å². The van der Waals surface area contributed by atoms with Gasteiger partial charge in [0.25, 0.3) is 0 Å². The van der Waals surface area contributed by atoms with Gasteiger partial charge in [0.2, 0.25) is 5.91 Å². The number of carbonyl (C=O) groups excluding carboxylic acids is 1. The summed E-state index contributed by atoms with van der Waals surface area (Å²) >= 11 is 5.22. The predicted molar refractivity (Wildman–Crippen MR) is 103 cm³/mol. The molecule has 1 fully saturated rings. The van der Waals surface area contributed by atoms with Gasteiger partial charge in [-0.3, -0.25) is 4.79 Å². The summed E-state index contributed by atoms with van der Waals surface area (Å²) in [5, 5.41) is 10.9. The highest BCUT2D eigenvalue weighted by atomic mass is 32.1. The molecular formula is C19H27FN2O3S. The second kappa shape index (κ2) is 10.2. The molecule has 0 bridgehead atoms. The lowest BCUT2D eigenvalue weighted by molar-refractivity contribution is -0.142. The number of nitrogens with zero attached hydrogens (tertiary/aromatic N) is 1. The molecule has 1 heterocycles. The topological polar surface area (TPSA) is 69.6 Å². The Labute approximate surface area is 159 Å². The molecule has 0 spiro atoms. The Bertz CT molecular complexity index is 664. The average Bonchev–Trinajstić information content (AvgIpc) is 2.94. The minimum absolute atomic E-state index is 0.0867. The fraction of sp³-hybridized carbons (Fsp3) is 0.526. The standard InChI is InChI=1S/C12H14FNS.C7H13NO3/c1-9-4-2-5-10(12(9)13)8-14-7-3-6-11(14)15;1-4(2)6(7(10)11)8-5(3)9/h2,4-5H,3,6-8H2,1H3;4,6H,1-3H3,(H,8,9)(H,10,11). The van der Waals surface area contributed by atoms with Crippen molar-refractivity contribution in [3.05, 3.63) is 35.1 Å². The number of likely N-dealkylation sites (tertiary alicyclic amines) is 1. The van der Waals surface area contributed by atoms with Gasteiger partial charge in [-0.05, 0) is 31.2 Å². The van der Waals surface area contributed by atoms with Gasteiger partial charge >= 0.3 is 5.97 Å². The number of benzene rings is 1. The number of amides is 1. The Morgan fingerprint density at radius 1 is 1.38 bits per heavy atom. The number of hydrogen-bond donors (Lipinski definition) is 2. The van der Waals surface area contributed by atoms with E-state index in [-0.39, 0.29) is 17.6 Å². The van der Waals surface area contributed by atoms with Crippen molar-refractivity contribution in [2.75, 3.05) is 6.54 Å². The van der Waals surface area contributed by atoms with Crippen molar-refractivity contribution in [2.45, 2.75) is 53.1 Å². The molecule has 7 heteroatoms. The van der Waals surface area contributed by atoms with Crippen LogP contribution in [0.3, 0.4) is 0 Å². The smallest absolute Gasteiger partial charge is 0.326 e. The fourth-order valence-electron chi connectivity index (χ4n) is 2.64. The largest absolute Gasteiger partial charge is 0.480 e. The zero-order valence-electron chi connectivity index (χ0n) is 15.7. The summed E-state index contributed by atoms with van der Waals surface area (Å²) in [6, 6.07) is 4.75. The minimum Gasteiger partial charge on any atom is -0.480 e. The first-order chi connectivity index (χ1) is 12.1. The number of aryl methyl sites for hydroxylation is 1. The third-order valence-corrected chi connectivity index (χ3v) is 4.56. The van der Waals surface area contributed by atoms with E-state index >= 15 is 0 Å². The van der Waals surface area contributed by atoms with Crippen molar-refractivity contribution in [1.29, 1.82) is 0 Å². The zero-order chi connectivity index (χ0) is 19.9. The number of carboxylic acid groups (broad SMARTS) is 1. The van der Waals surface area contributed by atoms with E-state index in [9.17, 15) is 14.0 Å². The highest BCUT2D eigenvalue weighted by molar-refractivity contribution is 7.80. The number of nitrogens with one attached hydrogen (secondary N) is 1. The van der Waals surface area contributed by atoms with Crippen molar-refractivity contribution in [1.82, 2.24) is 10.2 Å². The van der Waals surface area contributed by atoms with Gasteiger partial charge in [-0.15, -0.1) is 0 Å². The molecule has 1 atom stereocenters. The normalized spacial score (nSPS) is 14.7. The Kier molecular flexibility index (Phi) is 8.65. The number of carboxylic acids is 1. The molecule has 144 valence electrons. The Balaban J connectivity index is 0.000000276. The van der Waals surface area contributed by atoms with E-state index in [1.807, 2.05) is 12.1 Å². The SMILES string of the molecule is CC(=O)NC(C(=O)O)C(C)C.Cc1cccc(CN2CCCC2=S)c1F. The first-order valence-corrected chi connectivity index (χ1v) is 9.06. The Morgan fingerprint density at radius 3 is 2.46 bits per heavy atom. The Hall–Kier alpha value is -2.02. The quantitative estimate of drug-likeness (QED) is 0.765.